The van der Waals surface area contributed by atoms with E-state index >= 15 is 0 Å². The summed E-state index contributed by atoms with van der Waals surface area (Å²) in [6.45, 7) is 4.93. The molecule has 1 aliphatic rings. The van der Waals surface area contributed by atoms with E-state index in [1.807, 2.05) is 13.8 Å². The van der Waals surface area contributed by atoms with Crippen molar-refractivity contribution in [3.05, 3.63) is 17.7 Å². The summed E-state index contributed by atoms with van der Waals surface area (Å²) in [7, 11) is 0. The molecule has 0 amide bonds. The van der Waals surface area contributed by atoms with Gasteiger partial charge in [0.25, 0.3) is 0 Å². The molecule has 0 spiro atoms. The van der Waals surface area contributed by atoms with Gasteiger partial charge in [0.15, 0.2) is 11.5 Å². The normalized spacial score (nSPS) is 14.9. The minimum atomic E-state index is -0.345. The largest absolute Gasteiger partial charge is 0.508 e. The lowest BCUT2D eigenvalue weighted by atomic mass is 9.95. The molecular weight excluding hydrogens is 206 g/mol. The fourth-order valence-electron chi connectivity index (χ4n) is 1.83. The number of benzene rings is 1. The minimum absolute atomic E-state index is 0.184. The number of rotatable bonds is 2. The van der Waals surface area contributed by atoms with Gasteiger partial charge in [0.2, 0.25) is 0 Å². The van der Waals surface area contributed by atoms with Gasteiger partial charge < -0.3 is 20.3 Å². The van der Waals surface area contributed by atoms with Gasteiger partial charge in [0, 0.05) is 17.2 Å². The van der Waals surface area contributed by atoms with Gasteiger partial charge in [0.05, 0.1) is 0 Å². The highest BCUT2D eigenvalue weighted by atomic mass is 16.6. The van der Waals surface area contributed by atoms with Gasteiger partial charge in [-0.3, -0.25) is 0 Å². The van der Waals surface area contributed by atoms with E-state index in [0.717, 1.165) is 5.56 Å². The van der Waals surface area contributed by atoms with Crippen molar-refractivity contribution in [1.82, 2.24) is 0 Å². The minimum Gasteiger partial charge on any atom is -0.508 e. The predicted octanol–water partition coefficient (Wildman–Crippen LogP) is 1.44. The van der Waals surface area contributed by atoms with Gasteiger partial charge >= 0.3 is 0 Å². The smallest absolute Gasteiger partial charge is 0.165 e. The van der Waals surface area contributed by atoms with Crippen LogP contribution >= 0.6 is 0 Å². The zero-order valence-corrected chi connectivity index (χ0v) is 9.62. The number of hydrogen-bond donors (Lipinski definition) is 2. The van der Waals surface area contributed by atoms with E-state index in [2.05, 4.69) is 0 Å². The van der Waals surface area contributed by atoms with Gasteiger partial charge in [-0.25, -0.2) is 0 Å². The van der Waals surface area contributed by atoms with Crippen molar-refractivity contribution in [2.24, 2.45) is 5.73 Å². The Bertz CT molecular complexity index is 396. The summed E-state index contributed by atoms with van der Waals surface area (Å²) in [5.74, 6) is 1.50. The first-order chi connectivity index (χ1) is 7.46. The molecular formula is C12H17NO3. The second-order valence-electron chi connectivity index (χ2n) is 4.79. The lowest BCUT2D eigenvalue weighted by Gasteiger charge is -2.25. The fourth-order valence-corrected chi connectivity index (χ4v) is 1.83. The maximum Gasteiger partial charge on any atom is 0.165 e. The number of fused-ring (bicyclic) bond motifs is 1. The van der Waals surface area contributed by atoms with Crippen molar-refractivity contribution in [1.29, 1.82) is 0 Å². The highest BCUT2D eigenvalue weighted by Gasteiger charge is 2.21. The molecule has 1 aliphatic heterocycles. The number of phenols is 1. The Kier molecular flexibility index (Phi) is 2.68. The molecule has 16 heavy (non-hydrogen) atoms. The van der Waals surface area contributed by atoms with Crippen molar-refractivity contribution in [3.8, 4) is 17.2 Å². The molecule has 1 heterocycles. The monoisotopic (exact) mass is 223 g/mol. The lowest BCUT2D eigenvalue weighted by Crippen LogP contribution is -2.34. The van der Waals surface area contributed by atoms with Crippen LogP contribution in [-0.2, 0) is 6.42 Å². The summed E-state index contributed by atoms with van der Waals surface area (Å²) in [6.07, 6.45) is 0.632. The molecule has 0 bridgehead atoms. The van der Waals surface area contributed by atoms with E-state index in [1.165, 1.54) is 0 Å². The van der Waals surface area contributed by atoms with Crippen molar-refractivity contribution >= 4 is 0 Å². The average molecular weight is 223 g/mol. The van der Waals surface area contributed by atoms with Crippen LogP contribution in [-0.4, -0.2) is 23.9 Å². The van der Waals surface area contributed by atoms with E-state index < -0.39 is 0 Å². The molecule has 88 valence electrons. The van der Waals surface area contributed by atoms with E-state index in [0.29, 0.717) is 31.1 Å². The summed E-state index contributed by atoms with van der Waals surface area (Å²) in [6, 6.07) is 3.25. The average Bonchev–Trinajstić information content (AvgIpc) is 2.14. The number of ether oxygens (including phenoxy) is 2. The maximum atomic E-state index is 9.59. The van der Waals surface area contributed by atoms with Crippen LogP contribution in [0.5, 0.6) is 17.2 Å². The summed E-state index contributed by atoms with van der Waals surface area (Å²) in [5, 5.41) is 9.59. The second kappa shape index (κ2) is 3.87. The highest BCUT2D eigenvalue weighted by Crippen LogP contribution is 2.38. The standard InChI is InChI=1S/C12H17NO3/c1-12(2,13)7-8-5-9(14)6-10-11(8)16-4-3-15-10/h5-6,14H,3-4,7,13H2,1-2H3. The van der Waals surface area contributed by atoms with E-state index in [-0.39, 0.29) is 11.3 Å². The third-order valence-electron chi connectivity index (χ3n) is 2.35. The summed E-state index contributed by atoms with van der Waals surface area (Å²) < 4.78 is 11.0. The highest BCUT2D eigenvalue weighted by molar-refractivity contribution is 5.52. The number of phenolic OH excluding ortho intramolecular Hbond substituents is 1. The quantitative estimate of drug-likeness (QED) is 0.796. The predicted molar refractivity (Wildman–Crippen MR) is 61.1 cm³/mol. The molecule has 0 fully saturated rings. The van der Waals surface area contributed by atoms with E-state index in [4.69, 9.17) is 15.2 Å². The van der Waals surface area contributed by atoms with Gasteiger partial charge in [-0.05, 0) is 26.3 Å². The number of hydrogen-bond acceptors (Lipinski definition) is 4. The fraction of sp³-hybridized carbons (Fsp3) is 0.500. The molecule has 0 unspecified atom stereocenters. The maximum absolute atomic E-state index is 9.59. The van der Waals surface area contributed by atoms with Crippen molar-refractivity contribution < 1.29 is 14.6 Å². The molecule has 2 rings (SSSR count). The molecule has 1 aromatic carbocycles. The summed E-state index contributed by atoms with van der Waals surface area (Å²) in [4.78, 5) is 0. The van der Waals surface area contributed by atoms with Crippen LogP contribution in [0.15, 0.2) is 12.1 Å². The number of aromatic hydroxyl groups is 1. The van der Waals surface area contributed by atoms with Crippen LogP contribution in [0.25, 0.3) is 0 Å². The Morgan fingerprint density at radius 1 is 1.31 bits per heavy atom. The number of nitrogens with two attached hydrogens (primary N) is 1. The topological polar surface area (TPSA) is 64.7 Å². The van der Waals surface area contributed by atoms with Gasteiger partial charge in [-0.1, -0.05) is 0 Å². The first-order valence-electron chi connectivity index (χ1n) is 5.36. The van der Waals surface area contributed by atoms with Crippen LogP contribution in [0.4, 0.5) is 0 Å². The van der Waals surface area contributed by atoms with Gasteiger partial charge in [-0.15, -0.1) is 0 Å². The Balaban J connectivity index is 2.39. The molecule has 0 aromatic heterocycles. The first-order valence-corrected chi connectivity index (χ1v) is 5.36. The Morgan fingerprint density at radius 2 is 2.00 bits per heavy atom. The molecule has 0 aliphatic carbocycles. The zero-order valence-electron chi connectivity index (χ0n) is 9.62. The summed E-state index contributed by atoms with van der Waals surface area (Å²) in [5.41, 5.74) is 6.52. The lowest BCUT2D eigenvalue weighted by molar-refractivity contribution is 0.168. The molecule has 0 atom stereocenters. The third-order valence-corrected chi connectivity index (χ3v) is 2.35. The van der Waals surface area contributed by atoms with Crippen LogP contribution in [0, 0.1) is 0 Å². The molecule has 0 saturated heterocycles. The summed E-state index contributed by atoms with van der Waals surface area (Å²) >= 11 is 0. The van der Waals surface area contributed by atoms with Gasteiger partial charge in [-0.2, -0.15) is 0 Å². The third kappa shape index (κ3) is 2.39. The van der Waals surface area contributed by atoms with E-state index in [1.54, 1.807) is 12.1 Å². The van der Waals surface area contributed by atoms with E-state index in [9.17, 15) is 5.11 Å². The van der Waals surface area contributed by atoms with Crippen LogP contribution in [0.1, 0.15) is 19.4 Å². The zero-order chi connectivity index (χ0) is 11.8. The molecule has 4 heteroatoms. The molecule has 1 aromatic rings. The molecule has 4 nitrogen and oxygen atoms in total. The Hall–Kier alpha value is -1.42. The SMILES string of the molecule is CC(C)(N)Cc1cc(O)cc2c1OCCO2. The van der Waals surface area contributed by atoms with Gasteiger partial charge in [0.1, 0.15) is 19.0 Å². The van der Waals surface area contributed by atoms with Crippen molar-refractivity contribution in [3.63, 3.8) is 0 Å². The molecule has 3 N–H and O–H groups in total. The second-order valence-corrected chi connectivity index (χ2v) is 4.79. The van der Waals surface area contributed by atoms with Crippen LogP contribution in [0.3, 0.4) is 0 Å². The molecule has 0 radical (unpaired) electrons. The van der Waals surface area contributed by atoms with Crippen LogP contribution in [0.2, 0.25) is 0 Å². The molecule has 0 saturated carbocycles. The van der Waals surface area contributed by atoms with Crippen molar-refractivity contribution in [2.45, 2.75) is 25.8 Å². The Morgan fingerprint density at radius 3 is 2.69 bits per heavy atom. The van der Waals surface area contributed by atoms with Crippen molar-refractivity contribution in [2.75, 3.05) is 13.2 Å². The Labute approximate surface area is 95.0 Å². The first kappa shape index (κ1) is 11.1. The van der Waals surface area contributed by atoms with Crippen LogP contribution < -0.4 is 15.2 Å².